The van der Waals surface area contributed by atoms with Crippen molar-refractivity contribution < 1.29 is 23.1 Å². The van der Waals surface area contributed by atoms with Gasteiger partial charge in [-0.25, -0.2) is 9.79 Å². The van der Waals surface area contributed by atoms with E-state index in [2.05, 4.69) is 10.4 Å². The summed E-state index contributed by atoms with van der Waals surface area (Å²) in [4.78, 5) is 30.1. The number of alkyl halides is 3. The molecule has 0 aliphatic carbocycles. The topological polar surface area (TPSA) is 90.2 Å². The molecule has 184 valence electrons. The van der Waals surface area contributed by atoms with Gasteiger partial charge in [-0.3, -0.25) is 19.3 Å². The minimum Gasteiger partial charge on any atom is -0.465 e. The third-order valence-corrected chi connectivity index (χ3v) is 5.62. The normalized spacial score (nSPS) is 15.9. The van der Waals surface area contributed by atoms with Crippen LogP contribution in [0.2, 0.25) is 0 Å². The van der Waals surface area contributed by atoms with Gasteiger partial charge in [-0.15, -0.1) is 0 Å². The van der Waals surface area contributed by atoms with Crippen LogP contribution in [0.25, 0.3) is 21.9 Å². The number of hydrogen-bond acceptors (Lipinski definition) is 5. The molecule has 1 aliphatic heterocycles. The largest absolute Gasteiger partial charge is 0.465 e. The maximum absolute atomic E-state index is 13.6. The minimum absolute atomic E-state index is 0.0401. The number of carboxylic acid groups (broad SMARTS) is 1. The number of aromatic nitrogens is 1. The third kappa shape index (κ3) is 4.59. The molecule has 1 aromatic heterocycles. The highest BCUT2D eigenvalue weighted by Crippen LogP contribution is 2.38. The Labute approximate surface area is 198 Å². The molecule has 8 nitrogen and oxygen atoms in total. The fraction of sp³-hybridized carbons (Fsp3) is 0.292. The minimum atomic E-state index is -4.57. The van der Waals surface area contributed by atoms with E-state index in [0.717, 1.165) is 16.2 Å². The lowest BCUT2D eigenvalue weighted by atomic mass is 9.97. The van der Waals surface area contributed by atoms with Gasteiger partial charge in [0.1, 0.15) is 12.2 Å². The van der Waals surface area contributed by atoms with Gasteiger partial charge in [0, 0.05) is 29.9 Å². The second-order valence-electron chi connectivity index (χ2n) is 8.65. The molecule has 0 fully saturated rings. The first-order valence-electron chi connectivity index (χ1n) is 10.9. The number of amides is 1. The summed E-state index contributed by atoms with van der Waals surface area (Å²) >= 11 is 0. The predicted octanol–water partition coefficient (Wildman–Crippen LogP) is 4.68. The van der Waals surface area contributed by atoms with Crippen LogP contribution in [0.15, 0.2) is 58.3 Å². The van der Waals surface area contributed by atoms with E-state index in [0.29, 0.717) is 27.6 Å². The standard InChI is InChI=1S/C24H24F3N5O3/c1-14(2)12-31-20(30(3)23(34)35)19(15-7-5-4-6-8-15)18-11-16(9-10-17(18)21(31)33)32-13-28-22(29-32)24(25,26)27/h4-11,13-14,22,29H,12H2,1-3H3,(H,34,35). The quantitative estimate of drug-likeness (QED) is 0.546. The zero-order valence-electron chi connectivity index (χ0n) is 19.2. The number of nitrogens with one attached hydrogen (secondary N) is 1. The van der Waals surface area contributed by atoms with Crippen LogP contribution < -0.4 is 20.9 Å². The van der Waals surface area contributed by atoms with E-state index in [4.69, 9.17) is 0 Å². The summed E-state index contributed by atoms with van der Waals surface area (Å²) in [5.74, 6) is 0.224. The van der Waals surface area contributed by atoms with Crippen molar-refractivity contribution in [3.05, 3.63) is 58.9 Å². The van der Waals surface area contributed by atoms with E-state index in [-0.39, 0.29) is 23.8 Å². The second kappa shape index (κ2) is 9.06. The molecule has 2 aromatic carbocycles. The average molecular weight is 487 g/mol. The van der Waals surface area contributed by atoms with Crippen LogP contribution >= 0.6 is 0 Å². The van der Waals surface area contributed by atoms with Crippen LogP contribution in [0.4, 0.5) is 29.5 Å². The second-order valence-corrected chi connectivity index (χ2v) is 8.65. The Hall–Kier alpha value is -3.86. The molecular weight excluding hydrogens is 463 g/mol. The molecule has 1 unspecified atom stereocenters. The lowest BCUT2D eigenvalue weighted by Crippen LogP contribution is -2.44. The van der Waals surface area contributed by atoms with Gasteiger partial charge in [0.25, 0.3) is 5.56 Å². The van der Waals surface area contributed by atoms with Crippen LogP contribution in [-0.4, -0.2) is 41.5 Å². The molecule has 1 aliphatic rings. The van der Waals surface area contributed by atoms with Gasteiger partial charge in [0.05, 0.1) is 5.69 Å². The van der Waals surface area contributed by atoms with Crippen LogP contribution in [0.1, 0.15) is 13.8 Å². The molecule has 0 saturated heterocycles. The van der Waals surface area contributed by atoms with Crippen molar-refractivity contribution in [3.63, 3.8) is 0 Å². The summed E-state index contributed by atoms with van der Waals surface area (Å²) in [6, 6.07) is 13.6. The van der Waals surface area contributed by atoms with E-state index in [1.54, 1.807) is 30.3 Å². The number of halogens is 3. The summed E-state index contributed by atoms with van der Waals surface area (Å²) < 4.78 is 40.7. The van der Waals surface area contributed by atoms with Gasteiger partial charge in [-0.05, 0) is 29.7 Å². The number of hydrogen-bond donors (Lipinski definition) is 2. The highest BCUT2D eigenvalue weighted by Gasteiger charge is 2.42. The molecule has 0 bridgehead atoms. The maximum Gasteiger partial charge on any atom is 0.425 e. The number of nitrogens with zero attached hydrogens (tertiary/aromatic N) is 4. The number of rotatable bonds is 5. The number of aliphatic imine (C=N–C) groups is 1. The van der Waals surface area contributed by atoms with Crippen LogP contribution in [0.5, 0.6) is 0 Å². The summed E-state index contributed by atoms with van der Waals surface area (Å²) in [7, 11) is 1.36. The molecule has 0 radical (unpaired) electrons. The van der Waals surface area contributed by atoms with E-state index in [1.165, 1.54) is 23.7 Å². The van der Waals surface area contributed by atoms with Crippen molar-refractivity contribution in [2.75, 3.05) is 17.0 Å². The molecule has 3 aromatic rings. The van der Waals surface area contributed by atoms with Gasteiger partial charge < -0.3 is 5.11 Å². The van der Waals surface area contributed by atoms with Crippen molar-refractivity contribution >= 4 is 34.7 Å². The zero-order chi connectivity index (χ0) is 25.5. The van der Waals surface area contributed by atoms with Crippen molar-refractivity contribution in [2.24, 2.45) is 10.9 Å². The number of fused-ring (bicyclic) bond motifs is 1. The number of carbonyl (C=O) groups is 1. The fourth-order valence-electron chi connectivity index (χ4n) is 4.07. The van der Waals surface area contributed by atoms with E-state index < -0.39 is 18.4 Å². The SMILES string of the molecule is CC(C)Cn1c(N(C)C(=O)O)c(-c2ccccc2)c2cc(N3C=NC(C(F)(F)F)N3)ccc2c1=O. The highest BCUT2D eigenvalue weighted by atomic mass is 19.4. The Morgan fingerprint density at radius 1 is 1.17 bits per heavy atom. The lowest BCUT2D eigenvalue weighted by Gasteiger charge is -2.26. The summed E-state index contributed by atoms with van der Waals surface area (Å²) in [5, 5.41) is 11.7. The van der Waals surface area contributed by atoms with Crippen molar-refractivity contribution in [2.45, 2.75) is 32.7 Å². The van der Waals surface area contributed by atoms with Gasteiger partial charge in [-0.1, -0.05) is 44.2 Å². The Bertz CT molecular complexity index is 1350. The van der Waals surface area contributed by atoms with Gasteiger partial charge >= 0.3 is 12.3 Å². The Balaban J connectivity index is 2.02. The summed E-state index contributed by atoms with van der Waals surface area (Å²) in [5.41, 5.74) is 3.34. The molecule has 2 heterocycles. The Morgan fingerprint density at radius 2 is 1.86 bits per heavy atom. The predicted molar refractivity (Wildman–Crippen MR) is 129 cm³/mol. The van der Waals surface area contributed by atoms with E-state index in [1.807, 2.05) is 19.9 Å². The molecule has 2 N–H and O–H groups in total. The van der Waals surface area contributed by atoms with Crippen LogP contribution in [0.3, 0.4) is 0 Å². The van der Waals surface area contributed by atoms with Gasteiger partial charge in [0.2, 0.25) is 6.17 Å². The summed E-state index contributed by atoms with van der Waals surface area (Å²) in [6.45, 7) is 4.11. The smallest absolute Gasteiger partial charge is 0.425 e. The summed E-state index contributed by atoms with van der Waals surface area (Å²) in [6.07, 6.45) is -6.87. The van der Waals surface area contributed by atoms with Gasteiger partial charge in [-0.2, -0.15) is 18.6 Å². The molecule has 1 amide bonds. The molecule has 0 spiro atoms. The lowest BCUT2D eigenvalue weighted by molar-refractivity contribution is -0.151. The molecular formula is C24H24F3N5O3. The van der Waals surface area contributed by atoms with E-state index in [9.17, 15) is 27.9 Å². The molecule has 11 heteroatoms. The first-order valence-corrected chi connectivity index (χ1v) is 10.9. The Kier molecular flexibility index (Phi) is 6.28. The molecule has 4 rings (SSSR count). The molecule has 0 saturated carbocycles. The Morgan fingerprint density at radius 3 is 2.43 bits per heavy atom. The van der Waals surface area contributed by atoms with E-state index >= 15 is 0 Å². The van der Waals surface area contributed by atoms with Crippen LogP contribution in [0, 0.1) is 5.92 Å². The maximum atomic E-state index is 13.6. The van der Waals surface area contributed by atoms with Gasteiger partial charge in [0.15, 0.2) is 0 Å². The van der Waals surface area contributed by atoms with Crippen molar-refractivity contribution in [3.8, 4) is 11.1 Å². The third-order valence-electron chi connectivity index (χ3n) is 5.62. The highest BCUT2D eigenvalue weighted by molar-refractivity contribution is 6.06. The molecule has 35 heavy (non-hydrogen) atoms. The average Bonchev–Trinajstić information content (AvgIpc) is 3.31. The number of pyridine rings is 1. The number of hydrazine groups is 1. The fourth-order valence-corrected chi connectivity index (χ4v) is 4.07. The number of anilines is 2. The van der Waals surface area contributed by atoms with Crippen molar-refractivity contribution in [1.82, 2.24) is 9.99 Å². The number of benzene rings is 2. The van der Waals surface area contributed by atoms with Crippen molar-refractivity contribution in [1.29, 1.82) is 0 Å². The van der Waals surface area contributed by atoms with Crippen LogP contribution in [-0.2, 0) is 6.54 Å². The zero-order valence-corrected chi connectivity index (χ0v) is 19.2. The first-order chi connectivity index (χ1) is 16.5. The monoisotopic (exact) mass is 487 g/mol. The first kappa shape index (κ1) is 24.3. The molecule has 1 atom stereocenters.